The van der Waals surface area contributed by atoms with E-state index in [0.717, 1.165) is 6.42 Å². The van der Waals surface area contributed by atoms with E-state index in [1.807, 2.05) is 0 Å². The number of hydrogen-bond acceptors (Lipinski definition) is 4. The minimum Gasteiger partial charge on any atom is -0.465 e. The lowest BCUT2D eigenvalue weighted by Crippen LogP contribution is -2.51. The highest BCUT2D eigenvalue weighted by molar-refractivity contribution is 5.65. The summed E-state index contributed by atoms with van der Waals surface area (Å²) in [5.74, 6) is 0.237. The van der Waals surface area contributed by atoms with Crippen LogP contribution in [0.25, 0.3) is 0 Å². The minimum absolute atomic E-state index is 0.216. The lowest BCUT2D eigenvalue weighted by Gasteiger charge is -2.40. The van der Waals surface area contributed by atoms with Crippen LogP contribution in [0.2, 0.25) is 0 Å². The van der Waals surface area contributed by atoms with E-state index in [2.05, 4.69) is 0 Å². The molecule has 3 atom stereocenters. The number of carboxylic acid groups (broad SMARTS) is 1. The minimum atomic E-state index is -1.05. The van der Waals surface area contributed by atoms with Crippen LogP contribution in [0.4, 0.5) is 4.79 Å². The zero-order valence-corrected chi connectivity index (χ0v) is 9.41. The number of hydrogen-bond donors (Lipinski definition) is 2. The van der Waals surface area contributed by atoms with Gasteiger partial charge >= 0.3 is 6.09 Å². The summed E-state index contributed by atoms with van der Waals surface area (Å²) in [7, 11) is 0. The number of nitro groups is 1. The van der Waals surface area contributed by atoms with Crippen LogP contribution in [0.1, 0.15) is 19.3 Å². The molecule has 0 aromatic rings. The molecule has 1 saturated heterocycles. The van der Waals surface area contributed by atoms with Gasteiger partial charge in [0.1, 0.15) is 6.10 Å². The van der Waals surface area contributed by atoms with Crippen LogP contribution in [-0.4, -0.2) is 51.9 Å². The molecule has 1 amide bonds. The van der Waals surface area contributed by atoms with Crippen molar-refractivity contribution in [3.63, 3.8) is 0 Å². The molecular formula is C10H16N2O5. The van der Waals surface area contributed by atoms with Crippen LogP contribution < -0.4 is 0 Å². The van der Waals surface area contributed by atoms with Gasteiger partial charge in [-0.15, -0.1) is 0 Å². The average molecular weight is 244 g/mol. The first kappa shape index (κ1) is 12.1. The van der Waals surface area contributed by atoms with Gasteiger partial charge in [0.05, 0.1) is 0 Å². The van der Waals surface area contributed by atoms with E-state index in [0.29, 0.717) is 19.4 Å². The van der Waals surface area contributed by atoms with Crippen LogP contribution in [0.3, 0.4) is 0 Å². The highest BCUT2D eigenvalue weighted by Crippen LogP contribution is 2.48. The van der Waals surface area contributed by atoms with Crippen molar-refractivity contribution in [1.82, 2.24) is 4.90 Å². The van der Waals surface area contributed by atoms with E-state index in [9.17, 15) is 20.0 Å². The molecule has 7 heteroatoms. The number of nitrogens with zero attached hydrogens (tertiary/aromatic N) is 2. The number of rotatable bonds is 3. The van der Waals surface area contributed by atoms with Crippen molar-refractivity contribution in [3.8, 4) is 0 Å². The summed E-state index contributed by atoms with van der Waals surface area (Å²) in [5, 5.41) is 29.4. The molecular weight excluding hydrogens is 228 g/mol. The summed E-state index contributed by atoms with van der Waals surface area (Å²) in [6.07, 6.45) is 0.166. The molecule has 0 aromatic carbocycles. The van der Waals surface area contributed by atoms with Crippen molar-refractivity contribution in [2.45, 2.75) is 25.4 Å². The molecule has 1 saturated carbocycles. The molecule has 0 radical (unpaired) electrons. The molecule has 1 aliphatic heterocycles. The maximum absolute atomic E-state index is 11.0. The van der Waals surface area contributed by atoms with Gasteiger partial charge in [-0.3, -0.25) is 10.1 Å². The maximum atomic E-state index is 11.0. The topological polar surface area (TPSA) is 104 Å². The molecule has 2 fully saturated rings. The summed E-state index contributed by atoms with van der Waals surface area (Å²) in [4.78, 5) is 22.2. The van der Waals surface area contributed by atoms with Crippen LogP contribution in [0.5, 0.6) is 0 Å². The van der Waals surface area contributed by atoms with Crippen LogP contribution in [0, 0.1) is 21.4 Å². The molecule has 17 heavy (non-hydrogen) atoms. The van der Waals surface area contributed by atoms with Gasteiger partial charge in [0.2, 0.25) is 6.54 Å². The highest BCUT2D eigenvalue weighted by atomic mass is 16.6. The Hall–Kier alpha value is -1.37. The highest BCUT2D eigenvalue weighted by Gasteiger charge is 2.51. The van der Waals surface area contributed by atoms with Gasteiger partial charge in [0.15, 0.2) is 0 Å². The maximum Gasteiger partial charge on any atom is 0.407 e. The Morgan fingerprint density at radius 3 is 2.94 bits per heavy atom. The van der Waals surface area contributed by atoms with E-state index in [1.165, 1.54) is 4.90 Å². The Morgan fingerprint density at radius 1 is 1.65 bits per heavy atom. The van der Waals surface area contributed by atoms with Gasteiger partial charge in [-0.1, -0.05) is 0 Å². The standard InChI is InChI=1S/C10H16N2O5/c13-8(5-12(16)17)10-2-1-7(3-10)4-11(6-10)9(14)15/h7-8,13H,1-6H2,(H,14,15)/t7-,8?,10-/m1/s1. The molecule has 0 spiro atoms. The number of piperidine rings is 1. The van der Waals surface area contributed by atoms with E-state index in [-0.39, 0.29) is 12.5 Å². The lowest BCUT2D eigenvalue weighted by molar-refractivity contribution is -0.494. The van der Waals surface area contributed by atoms with E-state index < -0.39 is 29.1 Å². The van der Waals surface area contributed by atoms with E-state index in [4.69, 9.17) is 5.11 Å². The quantitative estimate of drug-likeness (QED) is 0.552. The van der Waals surface area contributed by atoms with E-state index in [1.54, 1.807) is 0 Å². The zero-order valence-electron chi connectivity index (χ0n) is 9.41. The number of aliphatic hydroxyl groups is 1. The second-order valence-electron chi connectivity index (χ2n) is 5.17. The Bertz CT molecular complexity index is 348. The Kier molecular flexibility index (Phi) is 2.94. The van der Waals surface area contributed by atoms with Gasteiger partial charge in [0.25, 0.3) is 0 Å². The summed E-state index contributed by atoms with van der Waals surface area (Å²) >= 11 is 0. The first-order valence-corrected chi connectivity index (χ1v) is 5.71. The van der Waals surface area contributed by atoms with Gasteiger partial charge in [-0.05, 0) is 25.2 Å². The Morgan fingerprint density at radius 2 is 2.35 bits per heavy atom. The number of amides is 1. The second-order valence-corrected chi connectivity index (χ2v) is 5.17. The van der Waals surface area contributed by atoms with Crippen molar-refractivity contribution in [1.29, 1.82) is 0 Å². The number of fused-ring (bicyclic) bond motifs is 2. The van der Waals surface area contributed by atoms with Crippen LogP contribution >= 0.6 is 0 Å². The average Bonchev–Trinajstić information content (AvgIpc) is 2.54. The Labute approximate surface area is 98.2 Å². The Balaban J connectivity index is 2.13. The molecule has 2 bridgehead atoms. The summed E-state index contributed by atoms with van der Waals surface area (Å²) in [6, 6.07) is 0. The number of aliphatic hydroxyl groups excluding tert-OH is 1. The smallest absolute Gasteiger partial charge is 0.407 e. The van der Waals surface area contributed by atoms with Gasteiger partial charge in [-0.25, -0.2) is 4.79 Å². The van der Waals surface area contributed by atoms with Crippen molar-refractivity contribution in [3.05, 3.63) is 10.1 Å². The summed E-state index contributed by atoms with van der Waals surface area (Å²) < 4.78 is 0. The third-order valence-corrected chi connectivity index (χ3v) is 4.03. The summed E-state index contributed by atoms with van der Waals surface area (Å²) in [6.45, 7) is 0.205. The molecule has 2 aliphatic rings. The molecule has 7 nitrogen and oxygen atoms in total. The largest absolute Gasteiger partial charge is 0.465 e. The fourth-order valence-corrected chi connectivity index (χ4v) is 3.21. The molecule has 2 rings (SSSR count). The SMILES string of the molecule is O=C(O)N1C[C@@H]2CC[C@@](C(O)C[N+](=O)[O-])(C2)C1. The molecule has 1 heterocycles. The van der Waals surface area contributed by atoms with Crippen molar-refractivity contribution < 1.29 is 19.9 Å². The first-order chi connectivity index (χ1) is 7.93. The molecule has 0 aromatic heterocycles. The predicted molar refractivity (Wildman–Crippen MR) is 57.2 cm³/mol. The lowest BCUT2D eigenvalue weighted by atomic mass is 9.77. The van der Waals surface area contributed by atoms with Crippen LogP contribution in [0.15, 0.2) is 0 Å². The third-order valence-electron chi connectivity index (χ3n) is 4.03. The molecule has 96 valence electrons. The van der Waals surface area contributed by atoms with Crippen LogP contribution in [-0.2, 0) is 0 Å². The molecule has 1 aliphatic carbocycles. The van der Waals surface area contributed by atoms with Crippen molar-refractivity contribution >= 4 is 6.09 Å². The monoisotopic (exact) mass is 244 g/mol. The van der Waals surface area contributed by atoms with E-state index >= 15 is 0 Å². The second kappa shape index (κ2) is 4.14. The normalized spacial score (nSPS) is 33.5. The number of carbonyl (C=O) groups is 1. The van der Waals surface area contributed by atoms with Gasteiger partial charge < -0.3 is 15.1 Å². The van der Waals surface area contributed by atoms with Gasteiger partial charge in [0, 0.05) is 23.4 Å². The number of likely N-dealkylation sites (tertiary alicyclic amines) is 1. The fourth-order valence-electron chi connectivity index (χ4n) is 3.21. The van der Waals surface area contributed by atoms with Crippen molar-refractivity contribution in [2.24, 2.45) is 11.3 Å². The van der Waals surface area contributed by atoms with Crippen molar-refractivity contribution in [2.75, 3.05) is 19.6 Å². The van der Waals surface area contributed by atoms with Gasteiger partial charge in [-0.2, -0.15) is 0 Å². The summed E-state index contributed by atoms with van der Waals surface area (Å²) in [5.41, 5.74) is -0.603. The fraction of sp³-hybridized carbons (Fsp3) is 0.900. The molecule has 1 unspecified atom stereocenters. The predicted octanol–water partition coefficient (Wildman–Crippen LogP) is 0.404. The third kappa shape index (κ3) is 2.19. The zero-order chi connectivity index (χ0) is 12.6. The molecule has 2 N–H and O–H groups in total. The first-order valence-electron chi connectivity index (χ1n) is 5.71.